The van der Waals surface area contributed by atoms with Crippen molar-refractivity contribution in [3.05, 3.63) is 69.3 Å². The number of alkyl halides is 3. The van der Waals surface area contributed by atoms with E-state index < -0.39 is 23.5 Å². The first-order valence-corrected chi connectivity index (χ1v) is 8.67. The van der Waals surface area contributed by atoms with Crippen LogP contribution in [0.15, 0.2) is 47.4 Å². The fraction of sp³-hybridized carbons (Fsp3) is 0.0588. The van der Waals surface area contributed by atoms with Gasteiger partial charge in [-0.1, -0.05) is 47.7 Å². The summed E-state index contributed by atoms with van der Waals surface area (Å²) in [6.45, 7) is 0. The molecule has 1 fully saturated rings. The molecule has 9 heteroatoms. The molecule has 0 N–H and O–H groups in total. The monoisotopic (exact) mass is 417 g/mol. The second-order valence-electron chi connectivity index (χ2n) is 5.24. The number of thioether (sulfide) groups is 1. The van der Waals surface area contributed by atoms with Crippen LogP contribution in [0.2, 0.25) is 5.02 Å². The van der Waals surface area contributed by atoms with E-state index in [1.807, 2.05) is 0 Å². The Kier molecular flexibility index (Phi) is 5.09. The topological polar surface area (TPSA) is 20.3 Å². The normalized spacial score (nSPS) is 16.7. The molecular weight excluding hydrogens is 410 g/mol. The molecule has 2 aromatic rings. The number of amides is 1. The highest BCUT2D eigenvalue weighted by atomic mass is 35.5. The molecule has 1 aliphatic rings. The van der Waals surface area contributed by atoms with Gasteiger partial charge < -0.3 is 0 Å². The molecule has 0 bridgehead atoms. The third-order valence-corrected chi connectivity index (χ3v) is 5.06. The minimum atomic E-state index is -4.48. The van der Waals surface area contributed by atoms with Crippen molar-refractivity contribution in [1.82, 2.24) is 0 Å². The predicted octanol–water partition coefficient (Wildman–Crippen LogP) is 5.90. The van der Waals surface area contributed by atoms with Crippen LogP contribution in [-0.4, -0.2) is 10.2 Å². The zero-order valence-electron chi connectivity index (χ0n) is 12.7. The van der Waals surface area contributed by atoms with Gasteiger partial charge in [0.1, 0.15) is 5.82 Å². The number of carbonyl (C=O) groups excluding carboxylic acids is 1. The van der Waals surface area contributed by atoms with Crippen molar-refractivity contribution in [3.63, 3.8) is 0 Å². The first-order chi connectivity index (χ1) is 12.2. The van der Waals surface area contributed by atoms with Gasteiger partial charge in [0.2, 0.25) is 0 Å². The minimum Gasteiger partial charge on any atom is -0.268 e. The Labute approximate surface area is 160 Å². The Morgan fingerprint density at radius 3 is 2.54 bits per heavy atom. The van der Waals surface area contributed by atoms with Gasteiger partial charge in [-0.3, -0.25) is 9.69 Å². The lowest BCUT2D eigenvalue weighted by molar-refractivity contribution is -0.137. The third kappa shape index (κ3) is 3.77. The second-order valence-corrected chi connectivity index (χ2v) is 7.32. The van der Waals surface area contributed by atoms with Crippen molar-refractivity contribution in [3.8, 4) is 0 Å². The van der Waals surface area contributed by atoms with Gasteiger partial charge in [0.25, 0.3) is 5.91 Å². The molecule has 2 aromatic carbocycles. The van der Waals surface area contributed by atoms with Crippen LogP contribution in [0.5, 0.6) is 0 Å². The predicted molar refractivity (Wildman–Crippen MR) is 98.5 cm³/mol. The van der Waals surface area contributed by atoms with E-state index in [0.717, 1.165) is 34.9 Å². The molecule has 1 heterocycles. The van der Waals surface area contributed by atoms with Crippen LogP contribution in [0.4, 0.5) is 23.2 Å². The number of hydrogen-bond donors (Lipinski definition) is 0. The van der Waals surface area contributed by atoms with E-state index in [1.54, 1.807) is 0 Å². The molecule has 26 heavy (non-hydrogen) atoms. The quantitative estimate of drug-likeness (QED) is 0.344. The SMILES string of the molecule is O=C1C(=Cc2cccc(C(F)(F)F)c2)SC(=S)N1c1ccc(F)c(Cl)c1. The molecule has 0 spiro atoms. The number of anilines is 1. The lowest BCUT2D eigenvalue weighted by Gasteiger charge is -2.14. The van der Waals surface area contributed by atoms with Crippen LogP contribution in [0, 0.1) is 5.82 Å². The molecule has 0 aromatic heterocycles. The fourth-order valence-corrected chi connectivity index (χ4v) is 3.74. The van der Waals surface area contributed by atoms with Gasteiger partial charge in [-0.05, 0) is 42.0 Å². The summed E-state index contributed by atoms with van der Waals surface area (Å²) in [7, 11) is 0. The van der Waals surface area contributed by atoms with Gasteiger partial charge in [0.15, 0.2) is 4.32 Å². The Bertz CT molecular complexity index is 943. The van der Waals surface area contributed by atoms with Crippen LogP contribution < -0.4 is 4.90 Å². The Morgan fingerprint density at radius 1 is 1.15 bits per heavy atom. The van der Waals surface area contributed by atoms with Crippen LogP contribution >= 0.6 is 35.6 Å². The third-order valence-electron chi connectivity index (χ3n) is 3.47. The van der Waals surface area contributed by atoms with E-state index in [-0.39, 0.29) is 25.5 Å². The summed E-state index contributed by atoms with van der Waals surface area (Å²) in [5, 5.41) is -0.168. The lowest BCUT2D eigenvalue weighted by Crippen LogP contribution is -2.27. The summed E-state index contributed by atoms with van der Waals surface area (Å²) in [4.78, 5) is 13.9. The Hall–Kier alpha value is -1.90. The van der Waals surface area contributed by atoms with Crippen LogP contribution in [0.1, 0.15) is 11.1 Å². The van der Waals surface area contributed by atoms with Gasteiger partial charge in [-0.15, -0.1) is 0 Å². The standard InChI is InChI=1S/C17H8ClF4NOS2/c18-12-8-11(4-5-13(12)19)23-15(24)14(26-16(23)25)7-9-2-1-3-10(6-9)17(20,21)22/h1-8H. The lowest BCUT2D eigenvalue weighted by atomic mass is 10.1. The maximum absolute atomic E-state index is 13.3. The average molecular weight is 418 g/mol. The van der Waals surface area contributed by atoms with Gasteiger partial charge in [0, 0.05) is 0 Å². The highest BCUT2D eigenvalue weighted by molar-refractivity contribution is 8.27. The molecule has 1 saturated heterocycles. The number of nitrogens with zero attached hydrogens (tertiary/aromatic N) is 1. The molecule has 0 radical (unpaired) electrons. The summed E-state index contributed by atoms with van der Waals surface area (Å²) in [6.07, 6.45) is -3.15. The maximum Gasteiger partial charge on any atom is 0.416 e. The van der Waals surface area contributed by atoms with Crippen molar-refractivity contribution >= 4 is 57.6 Å². The summed E-state index contributed by atoms with van der Waals surface area (Å²) in [5.74, 6) is -1.15. The van der Waals surface area contributed by atoms with E-state index in [0.29, 0.717) is 0 Å². The Morgan fingerprint density at radius 2 is 1.88 bits per heavy atom. The molecule has 3 rings (SSSR count). The molecular formula is C17H8ClF4NOS2. The van der Waals surface area contributed by atoms with Crippen molar-refractivity contribution in [2.24, 2.45) is 0 Å². The minimum absolute atomic E-state index is 0.162. The smallest absolute Gasteiger partial charge is 0.268 e. The largest absolute Gasteiger partial charge is 0.416 e. The highest BCUT2D eigenvalue weighted by Crippen LogP contribution is 2.37. The van der Waals surface area contributed by atoms with E-state index in [4.69, 9.17) is 23.8 Å². The van der Waals surface area contributed by atoms with E-state index in [2.05, 4.69) is 0 Å². The molecule has 0 atom stereocenters. The first-order valence-electron chi connectivity index (χ1n) is 7.07. The summed E-state index contributed by atoms with van der Waals surface area (Å²) < 4.78 is 51.9. The number of hydrogen-bond acceptors (Lipinski definition) is 3. The zero-order chi connectivity index (χ0) is 19.1. The van der Waals surface area contributed by atoms with E-state index in [1.165, 1.54) is 30.3 Å². The van der Waals surface area contributed by atoms with Crippen molar-refractivity contribution in [2.45, 2.75) is 6.18 Å². The molecule has 0 saturated carbocycles. The molecule has 134 valence electrons. The Balaban J connectivity index is 1.94. The maximum atomic E-state index is 13.3. The van der Waals surface area contributed by atoms with Gasteiger partial charge in [-0.25, -0.2) is 4.39 Å². The molecule has 1 aliphatic heterocycles. The number of carbonyl (C=O) groups is 1. The zero-order valence-corrected chi connectivity index (χ0v) is 15.1. The number of benzene rings is 2. The molecule has 1 amide bonds. The van der Waals surface area contributed by atoms with Gasteiger partial charge in [0.05, 0.1) is 21.2 Å². The van der Waals surface area contributed by atoms with Crippen molar-refractivity contribution in [2.75, 3.05) is 4.90 Å². The van der Waals surface area contributed by atoms with Gasteiger partial charge >= 0.3 is 6.18 Å². The van der Waals surface area contributed by atoms with E-state index >= 15 is 0 Å². The first kappa shape index (κ1) is 18.9. The number of rotatable bonds is 2. The second kappa shape index (κ2) is 7.02. The summed E-state index contributed by atoms with van der Waals surface area (Å²) >= 11 is 11.8. The fourth-order valence-electron chi connectivity index (χ4n) is 2.27. The summed E-state index contributed by atoms with van der Waals surface area (Å²) in [5.41, 5.74) is -0.309. The van der Waals surface area contributed by atoms with E-state index in [9.17, 15) is 22.4 Å². The average Bonchev–Trinajstić information content (AvgIpc) is 2.84. The van der Waals surface area contributed by atoms with Crippen LogP contribution in [0.25, 0.3) is 6.08 Å². The summed E-state index contributed by atoms with van der Waals surface area (Å²) in [6, 6.07) is 8.32. The van der Waals surface area contributed by atoms with Crippen LogP contribution in [0.3, 0.4) is 0 Å². The number of halogens is 5. The van der Waals surface area contributed by atoms with Gasteiger partial charge in [-0.2, -0.15) is 13.2 Å². The molecule has 0 unspecified atom stereocenters. The molecule has 2 nitrogen and oxygen atoms in total. The van der Waals surface area contributed by atoms with Crippen LogP contribution in [-0.2, 0) is 11.0 Å². The van der Waals surface area contributed by atoms with Crippen molar-refractivity contribution < 1.29 is 22.4 Å². The van der Waals surface area contributed by atoms with Crippen molar-refractivity contribution in [1.29, 1.82) is 0 Å². The molecule has 0 aliphatic carbocycles. The number of thiocarbonyl (C=S) groups is 1. The highest BCUT2D eigenvalue weighted by Gasteiger charge is 2.34.